The Morgan fingerprint density at radius 3 is 2.55 bits per heavy atom. The van der Waals surface area contributed by atoms with E-state index in [1.807, 2.05) is 0 Å². The number of aromatic carboxylic acids is 1. The first kappa shape index (κ1) is 16.3. The lowest BCUT2D eigenvalue weighted by atomic mass is 10.2. The Labute approximate surface area is 134 Å². The molecule has 2 aromatic rings. The van der Waals surface area contributed by atoms with E-state index in [4.69, 9.17) is 19.3 Å². The molecule has 0 amide bonds. The monoisotopic (exact) mass is 370 g/mol. The van der Waals surface area contributed by atoms with Gasteiger partial charge in [0.2, 0.25) is 0 Å². The molecule has 0 atom stereocenters. The van der Waals surface area contributed by atoms with Crippen LogP contribution in [0.4, 0.5) is 4.39 Å². The first-order chi connectivity index (χ1) is 10.5. The summed E-state index contributed by atoms with van der Waals surface area (Å²) in [5, 5.41) is 9.10. The van der Waals surface area contributed by atoms with Gasteiger partial charge in [0.25, 0.3) is 0 Å². The van der Waals surface area contributed by atoms with Crippen LogP contribution in [0.2, 0.25) is 0 Å². The molecule has 1 N–H and O–H groups in total. The van der Waals surface area contributed by atoms with Crippen molar-refractivity contribution >= 4 is 21.9 Å². The quantitative estimate of drug-likeness (QED) is 0.776. The van der Waals surface area contributed by atoms with Crippen molar-refractivity contribution in [2.75, 3.05) is 13.9 Å². The van der Waals surface area contributed by atoms with Crippen LogP contribution in [-0.4, -0.2) is 25.0 Å². The maximum atomic E-state index is 13.5. The third kappa shape index (κ3) is 4.19. The molecule has 0 heterocycles. The van der Waals surface area contributed by atoms with Gasteiger partial charge in [-0.25, -0.2) is 9.18 Å². The Kier molecular flexibility index (Phi) is 5.35. The van der Waals surface area contributed by atoms with Crippen molar-refractivity contribution < 1.29 is 28.5 Å². The molecule has 22 heavy (non-hydrogen) atoms. The third-order valence-electron chi connectivity index (χ3n) is 2.60. The number of carbonyl (C=O) groups is 1. The van der Waals surface area contributed by atoms with E-state index in [1.165, 1.54) is 37.4 Å². The number of methoxy groups -OCH3 is 1. The maximum Gasteiger partial charge on any atom is 0.335 e. The molecule has 0 aliphatic heterocycles. The molecule has 5 nitrogen and oxygen atoms in total. The van der Waals surface area contributed by atoms with E-state index in [-0.39, 0.29) is 29.6 Å². The Bertz CT molecular complexity index is 690. The van der Waals surface area contributed by atoms with Gasteiger partial charge in [-0.05, 0) is 40.2 Å². The van der Waals surface area contributed by atoms with Gasteiger partial charge < -0.3 is 19.3 Å². The Hall–Kier alpha value is -2.12. The van der Waals surface area contributed by atoms with Crippen molar-refractivity contribution in [3.05, 3.63) is 52.3 Å². The number of carboxylic acids is 1. The molecule has 0 aliphatic rings. The van der Waals surface area contributed by atoms with E-state index < -0.39 is 11.8 Å². The fourth-order valence-electron chi connectivity index (χ4n) is 1.64. The van der Waals surface area contributed by atoms with E-state index in [0.29, 0.717) is 4.47 Å². The van der Waals surface area contributed by atoms with Crippen LogP contribution in [0.3, 0.4) is 0 Å². The van der Waals surface area contributed by atoms with Gasteiger partial charge in [-0.2, -0.15) is 0 Å². The fourth-order valence-corrected chi connectivity index (χ4v) is 1.89. The molecule has 0 saturated carbocycles. The van der Waals surface area contributed by atoms with Gasteiger partial charge in [0.05, 0.1) is 10.0 Å². The van der Waals surface area contributed by atoms with Gasteiger partial charge in [0, 0.05) is 19.2 Å². The van der Waals surface area contributed by atoms with Crippen LogP contribution in [0, 0.1) is 5.82 Å². The summed E-state index contributed by atoms with van der Waals surface area (Å²) in [6.45, 7) is -0.0323. The minimum absolute atomic E-state index is 0.0128. The number of ether oxygens (including phenoxy) is 3. The summed E-state index contributed by atoms with van der Waals surface area (Å²) in [6.07, 6.45) is 0. The zero-order chi connectivity index (χ0) is 16.1. The predicted octanol–water partition coefficient (Wildman–Crippen LogP) is 4.06. The lowest BCUT2D eigenvalue weighted by Crippen LogP contribution is -2.02. The zero-order valence-corrected chi connectivity index (χ0v) is 13.1. The van der Waals surface area contributed by atoms with Crippen LogP contribution in [0.25, 0.3) is 0 Å². The molecule has 0 aromatic heterocycles. The third-order valence-corrected chi connectivity index (χ3v) is 3.24. The van der Waals surface area contributed by atoms with Gasteiger partial charge in [-0.15, -0.1) is 0 Å². The highest BCUT2D eigenvalue weighted by atomic mass is 79.9. The van der Waals surface area contributed by atoms with Crippen molar-refractivity contribution in [1.82, 2.24) is 0 Å². The van der Waals surface area contributed by atoms with Gasteiger partial charge in [0.15, 0.2) is 6.79 Å². The van der Waals surface area contributed by atoms with E-state index in [2.05, 4.69) is 15.9 Å². The summed E-state index contributed by atoms with van der Waals surface area (Å²) in [5.74, 6) is -0.888. The summed E-state index contributed by atoms with van der Waals surface area (Å²) in [5.41, 5.74) is -0.0128. The highest BCUT2D eigenvalue weighted by Gasteiger charge is 2.10. The second-order valence-electron chi connectivity index (χ2n) is 4.23. The Morgan fingerprint density at radius 2 is 1.91 bits per heavy atom. The van der Waals surface area contributed by atoms with Crippen molar-refractivity contribution in [3.63, 3.8) is 0 Å². The van der Waals surface area contributed by atoms with Crippen LogP contribution in [0.1, 0.15) is 10.4 Å². The standard InChI is InChI=1S/C15H12BrFO5/c1-20-8-21-11-4-9(15(18)19)5-12(6-11)22-10-2-3-13(16)14(17)7-10/h2-7H,8H2,1H3,(H,18,19). The average Bonchev–Trinajstić information content (AvgIpc) is 2.48. The molecule has 7 heteroatoms. The van der Waals surface area contributed by atoms with Crippen molar-refractivity contribution in [2.24, 2.45) is 0 Å². The van der Waals surface area contributed by atoms with Crippen LogP contribution in [-0.2, 0) is 4.74 Å². The molecule has 116 valence electrons. The van der Waals surface area contributed by atoms with E-state index in [0.717, 1.165) is 0 Å². The maximum absolute atomic E-state index is 13.5. The summed E-state index contributed by atoms with van der Waals surface area (Å²) >= 11 is 3.04. The van der Waals surface area contributed by atoms with E-state index in [9.17, 15) is 9.18 Å². The normalized spacial score (nSPS) is 10.3. The molecule has 2 aromatic carbocycles. The van der Waals surface area contributed by atoms with Crippen molar-refractivity contribution in [1.29, 1.82) is 0 Å². The summed E-state index contributed by atoms with van der Waals surface area (Å²) in [4.78, 5) is 11.1. The molecular formula is C15H12BrFO5. The van der Waals surface area contributed by atoms with Crippen LogP contribution in [0.5, 0.6) is 17.2 Å². The highest BCUT2D eigenvalue weighted by Crippen LogP contribution is 2.29. The zero-order valence-electron chi connectivity index (χ0n) is 11.5. The smallest absolute Gasteiger partial charge is 0.335 e. The largest absolute Gasteiger partial charge is 0.478 e. The van der Waals surface area contributed by atoms with Gasteiger partial charge in [-0.3, -0.25) is 0 Å². The molecule has 0 bridgehead atoms. The second-order valence-corrected chi connectivity index (χ2v) is 5.08. The first-order valence-electron chi connectivity index (χ1n) is 6.12. The number of benzene rings is 2. The number of rotatable bonds is 6. The fraction of sp³-hybridized carbons (Fsp3) is 0.133. The predicted molar refractivity (Wildman–Crippen MR) is 80.1 cm³/mol. The molecule has 0 radical (unpaired) electrons. The SMILES string of the molecule is COCOc1cc(Oc2ccc(Br)c(F)c2)cc(C(=O)O)c1. The van der Waals surface area contributed by atoms with Gasteiger partial charge in [-0.1, -0.05) is 0 Å². The highest BCUT2D eigenvalue weighted by molar-refractivity contribution is 9.10. The minimum Gasteiger partial charge on any atom is -0.478 e. The molecule has 0 unspecified atom stereocenters. The average molecular weight is 371 g/mol. The molecule has 0 fully saturated rings. The van der Waals surface area contributed by atoms with Crippen molar-refractivity contribution in [3.8, 4) is 17.2 Å². The molecular weight excluding hydrogens is 359 g/mol. The molecule has 0 saturated heterocycles. The lowest BCUT2D eigenvalue weighted by Gasteiger charge is -2.10. The number of hydrogen-bond donors (Lipinski definition) is 1. The second kappa shape index (κ2) is 7.24. The number of halogens is 2. The van der Waals surface area contributed by atoms with Crippen LogP contribution < -0.4 is 9.47 Å². The van der Waals surface area contributed by atoms with E-state index >= 15 is 0 Å². The summed E-state index contributed by atoms with van der Waals surface area (Å²) in [7, 11) is 1.45. The summed E-state index contributed by atoms with van der Waals surface area (Å²) in [6, 6.07) is 8.39. The van der Waals surface area contributed by atoms with E-state index in [1.54, 1.807) is 6.07 Å². The number of hydrogen-bond acceptors (Lipinski definition) is 4. The topological polar surface area (TPSA) is 65.0 Å². The first-order valence-corrected chi connectivity index (χ1v) is 6.92. The molecule has 2 rings (SSSR count). The van der Waals surface area contributed by atoms with Crippen molar-refractivity contribution in [2.45, 2.75) is 0 Å². The lowest BCUT2D eigenvalue weighted by molar-refractivity contribution is 0.0506. The molecule has 0 spiro atoms. The summed E-state index contributed by atoms with van der Waals surface area (Å²) < 4.78 is 29.3. The Morgan fingerprint density at radius 1 is 1.18 bits per heavy atom. The van der Waals surface area contributed by atoms with Crippen LogP contribution >= 0.6 is 15.9 Å². The minimum atomic E-state index is -1.13. The Balaban J connectivity index is 2.30. The molecule has 0 aliphatic carbocycles. The van der Waals surface area contributed by atoms with Gasteiger partial charge in [0.1, 0.15) is 23.1 Å². The number of carboxylic acid groups (broad SMARTS) is 1. The van der Waals surface area contributed by atoms with Gasteiger partial charge >= 0.3 is 5.97 Å². The van der Waals surface area contributed by atoms with Crippen LogP contribution in [0.15, 0.2) is 40.9 Å².